The van der Waals surface area contributed by atoms with Crippen LogP contribution in [0.15, 0.2) is 47.4 Å². The summed E-state index contributed by atoms with van der Waals surface area (Å²) in [6.07, 6.45) is -3.26. The van der Waals surface area contributed by atoms with Gasteiger partial charge in [0.15, 0.2) is 0 Å². The molecule has 0 bridgehead atoms. The number of carbonyl (C=O) groups excluding carboxylic acids is 1. The van der Waals surface area contributed by atoms with Crippen molar-refractivity contribution in [3.63, 3.8) is 0 Å². The van der Waals surface area contributed by atoms with Gasteiger partial charge in [0.05, 0.1) is 17.2 Å². The number of halogens is 3. The number of hydrogen-bond acceptors (Lipinski definition) is 3. The van der Waals surface area contributed by atoms with Crippen molar-refractivity contribution in [1.29, 1.82) is 0 Å². The van der Waals surface area contributed by atoms with E-state index in [1.807, 2.05) is 38.1 Å². The van der Waals surface area contributed by atoms with E-state index in [9.17, 15) is 18.0 Å². The Balaban J connectivity index is 1.78. The van der Waals surface area contributed by atoms with Crippen molar-refractivity contribution in [2.45, 2.75) is 43.0 Å². The number of alkyl halides is 3. The summed E-state index contributed by atoms with van der Waals surface area (Å²) in [6, 6.07) is 11.4. The fourth-order valence-corrected chi connectivity index (χ4v) is 3.95. The van der Waals surface area contributed by atoms with E-state index in [2.05, 4.69) is 5.32 Å². The predicted molar refractivity (Wildman–Crippen MR) is 105 cm³/mol. The number of thioether (sulfide) groups is 1. The van der Waals surface area contributed by atoms with Gasteiger partial charge >= 0.3 is 6.18 Å². The summed E-state index contributed by atoms with van der Waals surface area (Å²) in [5.41, 5.74) is -0.165. The Bertz CT molecular complexity index is 854. The number of nitrogens with one attached hydrogen (secondary N) is 1. The van der Waals surface area contributed by atoms with Crippen molar-refractivity contribution < 1.29 is 22.7 Å². The lowest BCUT2D eigenvalue weighted by Crippen LogP contribution is -2.33. The van der Waals surface area contributed by atoms with Gasteiger partial charge in [-0.3, -0.25) is 4.79 Å². The first kappa shape index (κ1) is 20.6. The van der Waals surface area contributed by atoms with E-state index in [0.717, 1.165) is 18.1 Å². The van der Waals surface area contributed by atoms with Crippen LogP contribution < -0.4 is 10.1 Å². The normalized spacial score (nSPS) is 17.4. The minimum atomic E-state index is -4.55. The zero-order valence-corrected chi connectivity index (χ0v) is 16.5. The van der Waals surface area contributed by atoms with Gasteiger partial charge in [-0.1, -0.05) is 32.0 Å². The van der Waals surface area contributed by atoms with Gasteiger partial charge in [0, 0.05) is 10.1 Å². The Labute approximate surface area is 166 Å². The van der Waals surface area contributed by atoms with E-state index in [-0.39, 0.29) is 17.5 Å². The molecule has 0 saturated carbocycles. The molecule has 0 aliphatic carbocycles. The number of anilines is 1. The van der Waals surface area contributed by atoms with Gasteiger partial charge in [0.2, 0.25) is 5.91 Å². The molecular formula is C21H22F3NO2S. The van der Waals surface area contributed by atoms with Gasteiger partial charge in [-0.15, -0.1) is 11.8 Å². The van der Waals surface area contributed by atoms with Crippen LogP contribution in [-0.4, -0.2) is 17.8 Å². The van der Waals surface area contributed by atoms with Crippen molar-refractivity contribution in [1.82, 2.24) is 0 Å². The van der Waals surface area contributed by atoms with E-state index in [0.29, 0.717) is 17.1 Å². The highest BCUT2D eigenvalue weighted by atomic mass is 32.2. The van der Waals surface area contributed by atoms with Crippen LogP contribution in [0, 0.1) is 5.92 Å². The van der Waals surface area contributed by atoms with Gasteiger partial charge in [0.25, 0.3) is 0 Å². The van der Waals surface area contributed by atoms with Crippen LogP contribution in [0.4, 0.5) is 18.9 Å². The van der Waals surface area contributed by atoms with Gasteiger partial charge < -0.3 is 10.1 Å². The Morgan fingerprint density at radius 2 is 2.04 bits per heavy atom. The maximum atomic E-state index is 13.6. The first-order chi connectivity index (χ1) is 13.3. The Kier molecular flexibility index (Phi) is 6.23. The third-order valence-electron chi connectivity index (χ3n) is 4.72. The van der Waals surface area contributed by atoms with Crippen molar-refractivity contribution in [3.05, 3.63) is 53.6 Å². The molecule has 0 aromatic heterocycles. The van der Waals surface area contributed by atoms with E-state index < -0.39 is 23.6 Å². The van der Waals surface area contributed by atoms with Crippen molar-refractivity contribution in [2.75, 3.05) is 11.9 Å². The summed E-state index contributed by atoms with van der Waals surface area (Å²) in [4.78, 5) is 13.1. The Morgan fingerprint density at radius 3 is 2.75 bits per heavy atom. The topological polar surface area (TPSA) is 38.3 Å². The van der Waals surface area contributed by atoms with Gasteiger partial charge in [-0.05, 0) is 42.7 Å². The van der Waals surface area contributed by atoms with Crippen LogP contribution >= 0.6 is 11.8 Å². The summed E-state index contributed by atoms with van der Waals surface area (Å²) >= 11 is 1.39. The van der Waals surface area contributed by atoms with E-state index in [4.69, 9.17) is 4.74 Å². The van der Waals surface area contributed by atoms with Crippen LogP contribution in [0.5, 0.6) is 5.75 Å². The number of ether oxygens (including phenoxy) is 1. The lowest BCUT2D eigenvalue weighted by atomic mass is 9.96. The molecule has 2 aromatic rings. The van der Waals surface area contributed by atoms with Crippen LogP contribution in [-0.2, 0) is 17.4 Å². The third-order valence-corrected chi connectivity index (χ3v) is 5.98. The summed E-state index contributed by atoms with van der Waals surface area (Å²) in [5, 5.41) is 2.67. The predicted octanol–water partition coefficient (Wildman–Crippen LogP) is 5.79. The van der Waals surface area contributed by atoms with E-state index >= 15 is 0 Å². The molecule has 3 nitrogen and oxygen atoms in total. The molecule has 150 valence electrons. The van der Waals surface area contributed by atoms with Crippen molar-refractivity contribution >= 4 is 23.4 Å². The summed E-state index contributed by atoms with van der Waals surface area (Å²) in [6.45, 7) is 4.10. The first-order valence-corrected chi connectivity index (χ1v) is 10.1. The van der Waals surface area contributed by atoms with Crippen LogP contribution in [0.3, 0.4) is 0 Å². The monoisotopic (exact) mass is 409 g/mol. The van der Waals surface area contributed by atoms with Crippen molar-refractivity contribution in [3.8, 4) is 5.75 Å². The second-order valence-electron chi connectivity index (χ2n) is 6.85. The molecule has 0 spiro atoms. The largest absolute Gasteiger partial charge is 0.492 e. The minimum absolute atomic E-state index is 0.145. The van der Waals surface area contributed by atoms with Gasteiger partial charge in [-0.2, -0.15) is 13.2 Å². The molecule has 0 saturated heterocycles. The average Bonchev–Trinajstić information content (AvgIpc) is 2.67. The molecule has 28 heavy (non-hydrogen) atoms. The number of fused-ring (bicyclic) bond motifs is 1. The van der Waals surface area contributed by atoms with Gasteiger partial charge in [0.1, 0.15) is 12.4 Å². The lowest BCUT2D eigenvalue weighted by molar-refractivity contribution is -0.137. The fraction of sp³-hybridized carbons (Fsp3) is 0.381. The highest BCUT2D eigenvalue weighted by molar-refractivity contribution is 7.99. The summed E-state index contributed by atoms with van der Waals surface area (Å²) in [5.74, 6) is -0.290. The number of amides is 1. The SMILES string of the molecule is CCC(C)Sc1ccc(NC(=O)C2COc3ccccc3C2)c(C(F)(F)F)c1. The number of hydrogen-bond donors (Lipinski definition) is 1. The quantitative estimate of drug-likeness (QED) is 0.636. The molecule has 1 aliphatic rings. The molecule has 1 N–H and O–H groups in total. The summed E-state index contributed by atoms with van der Waals surface area (Å²) in [7, 11) is 0. The van der Waals surface area contributed by atoms with Crippen molar-refractivity contribution in [2.24, 2.45) is 5.92 Å². The minimum Gasteiger partial charge on any atom is -0.492 e. The molecule has 2 unspecified atom stereocenters. The molecule has 0 fully saturated rings. The highest BCUT2D eigenvalue weighted by Gasteiger charge is 2.35. The maximum Gasteiger partial charge on any atom is 0.418 e. The van der Waals surface area contributed by atoms with Crippen LogP contribution in [0.1, 0.15) is 31.4 Å². The van der Waals surface area contributed by atoms with E-state index in [1.54, 1.807) is 6.07 Å². The zero-order valence-electron chi connectivity index (χ0n) is 15.7. The number of para-hydroxylation sites is 1. The smallest absolute Gasteiger partial charge is 0.418 e. The molecule has 1 heterocycles. The molecule has 1 aliphatic heterocycles. The maximum absolute atomic E-state index is 13.6. The molecule has 2 aromatic carbocycles. The lowest BCUT2D eigenvalue weighted by Gasteiger charge is -2.25. The zero-order chi connectivity index (χ0) is 20.3. The molecule has 2 atom stereocenters. The second kappa shape index (κ2) is 8.47. The number of rotatable bonds is 5. The van der Waals surface area contributed by atoms with Crippen LogP contribution in [0.2, 0.25) is 0 Å². The van der Waals surface area contributed by atoms with E-state index in [1.165, 1.54) is 17.8 Å². The Hall–Kier alpha value is -2.15. The number of carbonyl (C=O) groups is 1. The molecular weight excluding hydrogens is 387 g/mol. The molecule has 1 amide bonds. The molecule has 7 heteroatoms. The standard InChI is InChI=1S/C21H22F3NO2S/c1-3-13(2)28-16-8-9-18(17(11-16)21(22,23)24)25-20(26)15-10-14-6-4-5-7-19(14)27-12-15/h4-9,11,13,15H,3,10,12H2,1-2H3,(H,25,26). The van der Waals surface area contributed by atoms with Gasteiger partial charge in [-0.25, -0.2) is 0 Å². The highest BCUT2D eigenvalue weighted by Crippen LogP contribution is 2.39. The molecule has 3 rings (SSSR count). The third kappa shape index (κ3) is 4.82. The summed E-state index contributed by atoms with van der Waals surface area (Å²) < 4.78 is 46.2. The second-order valence-corrected chi connectivity index (χ2v) is 8.36. The Morgan fingerprint density at radius 1 is 1.29 bits per heavy atom. The first-order valence-electron chi connectivity index (χ1n) is 9.17. The fourth-order valence-electron chi connectivity index (χ4n) is 2.99. The number of benzene rings is 2. The van der Waals surface area contributed by atoms with Crippen LogP contribution in [0.25, 0.3) is 0 Å². The average molecular weight is 409 g/mol. The molecule has 0 radical (unpaired) electrons.